The second-order valence-electron chi connectivity index (χ2n) is 8.03. The van der Waals surface area contributed by atoms with E-state index in [9.17, 15) is 9.59 Å². The zero-order chi connectivity index (χ0) is 22.8. The van der Waals surface area contributed by atoms with Gasteiger partial charge in [-0.1, -0.05) is 42.5 Å². The Balaban J connectivity index is 1.60. The second kappa shape index (κ2) is 8.78. The average molecular weight is 430 g/mol. The molecule has 0 saturated heterocycles. The molecule has 7 nitrogen and oxygen atoms in total. The molecule has 2 aromatic heterocycles. The zero-order valence-electron chi connectivity index (χ0n) is 18.8. The Morgan fingerprint density at radius 2 is 1.69 bits per heavy atom. The molecule has 0 aliphatic rings. The van der Waals surface area contributed by atoms with E-state index in [1.165, 1.54) is 15.8 Å². The van der Waals surface area contributed by atoms with Gasteiger partial charge < -0.3 is 5.32 Å². The molecule has 7 heteroatoms. The highest BCUT2D eigenvalue weighted by molar-refractivity contribution is 5.84. The van der Waals surface area contributed by atoms with Gasteiger partial charge in [-0.15, -0.1) is 0 Å². The van der Waals surface area contributed by atoms with Crippen molar-refractivity contribution < 1.29 is 4.79 Å². The lowest BCUT2D eigenvalue weighted by atomic mass is 10.1. The first-order valence-corrected chi connectivity index (χ1v) is 10.7. The van der Waals surface area contributed by atoms with E-state index in [1.807, 2.05) is 56.3 Å². The number of hydrogen-bond donors (Lipinski definition) is 1. The van der Waals surface area contributed by atoms with E-state index in [0.717, 1.165) is 23.2 Å². The highest BCUT2D eigenvalue weighted by Crippen LogP contribution is 2.21. The average Bonchev–Trinajstić information content (AvgIpc) is 3.15. The molecule has 4 rings (SSSR count). The first-order chi connectivity index (χ1) is 15.4. The van der Waals surface area contributed by atoms with Gasteiger partial charge in [0.2, 0.25) is 5.91 Å². The van der Waals surface area contributed by atoms with Gasteiger partial charge in [0.25, 0.3) is 5.56 Å². The lowest BCUT2D eigenvalue weighted by Gasteiger charge is -2.15. The van der Waals surface area contributed by atoms with E-state index in [4.69, 9.17) is 0 Å². The number of aromatic nitrogens is 4. The van der Waals surface area contributed by atoms with Crippen LogP contribution in [0.4, 0.5) is 0 Å². The number of hydrogen-bond acceptors (Lipinski definition) is 4. The second-order valence-corrected chi connectivity index (χ2v) is 8.03. The van der Waals surface area contributed by atoms with Crippen molar-refractivity contribution in [2.75, 3.05) is 6.54 Å². The van der Waals surface area contributed by atoms with Gasteiger partial charge in [-0.2, -0.15) is 10.2 Å². The Bertz CT molecular complexity index is 1340. The van der Waals surface area contributed by atoms with Gasteiger partial charge in [0, 0.05) is 6.54 Å². The van der Waals surface area contributed by atoms with E-state index in [1.54, 1.807) is 11.6 Å². The molecule has 32 heavy (non-hydrogen) atoms. The number of nitrogens with one attached hydrogen (secondary N) is 1. The van der Waals surface area contributed by atoms with Crippen LogP contribution < -0.4 is 10.9 Å². The number of nitrogens with zero attached hydrogens (tertiary/aromatic N) is 4. The maximum atomic E-state index is 13.2. The van der Waals surface area contributed by atoms with Gasteiger partial charge in [0.1, 0.15) is 6.04 Å². The molecule has 0 aliphatic heterocycles. The summed E-state index contributed by atoms with van der Waals surface area (Å²) in [4.78, 5) is 26.0. The largest absolute Gasteiger partial charge is 0.354 e. The van der Waals surface area contributed by atoms with Crippen molar-refractivity contribution in [2.24, 2.45) is 0 Å². The Hall–Kier alpha value is -3.74. The third-order valence-electron chi connectivity index (χ3n) is 5.85. The van der Waals surface area contributed by atoms with E-state index < -0.39 is 6.04 Å². The van der Waals surface area contributed by atoms with Crippen LogP contribution >= 0.6 is 0 Å². The number of benzene rings is 2. The van der Waals surface area contributed by atoms with Gasteiger partial charge in [-0.05, 0) is 57.4 Å². The van der Waals surface area contributed by atoms with Crippen LogP contribution in [0.2, 0.25) is 0 Å². The van der Waals surface area contributed by atoms with Crippen molar-refractivity contribution in [3.05, 3.63) is 87.5 Å². The van der Waals surface area contributed by atoms with Crippen LogP contribution in [-0.4, -0.2) is 32.0 Å². The third kappa shape index (κ3) is 3.93. The van der Waals surface area contributed by atoms with Crippen LogP contribution in [0, 0.1) is 20.8 Å². The number of para-hydroxylation sites is 1. The molecule has 0 aliphatic carbocycles. The van der Waals surface area contributed by atoms with E-state index in [2.05, 4.69) is 34.6 Å². The molecule has 0 bridgehead atoms. The summed E-state index contributed by atoms with van der Waals surface area (Å²) in [5.41, 5.74) is 4.71. The first kappa shape index (κ1) is 21.5. The smallest absolute Gasteiger partial charge is 0.295 e. The number of aryl methyl sites for hydroxylation is 3. The number of amides is 1. The van der Waals surface area contributed by atoms with Crippen LogP contribution in [0.5, 0.6) is 0 Å². The summed E-state index contributed by atoms with van der Waals surface area (Å²) < 4.78 is 2.99. The maximum Gasteiger partial charge on any atom is 0.295 e. The summed E-state index contributed by atoms with van der Waals surface area (Å²) in [5.74, 6) is -0.244. The molecule has 164 valence electrons. The highest BCUT2D eigenvalue weighted by Gasteiger charge is 2.23. The molecule has 4 aromatic rings. The van der Waals surface area contributed by atoms with Crippen molar-refractivity contribution in [3.8, 4) is 5.69 Å². The van der Waals surface area contributed by atoms with Gasteiger partial charge in [0.05, 0.1) is 22.5 Å². The molecule has 0 saturated carbocycles. The summed E-state index contributed by atoms with van der Waals surface area (Å²) in [7, 11) is 0. The van der Waals surface area contributed by atoms with Crippen LogP contribution in [0.3, 0.4) is 0 Å². The molecule has 2 aromatic carbocycles. The fraction of sp³-hybridized carbons (Fsp3) is 0.280. The van der Waals surface area contributed by atoms with Crippen molar-refractivity contribution in [3.63, 3.8) is 0 Å². The van der Waals surface area contributed by atoms with Crippen LogP contribution in [0.15, 0.2) is 59.4 Å². The molecule has 0 radical (unpaired) electrons. The molecular weight excluding hydrogens is 402 g/mol. The van der Waals surface area contributed by atoms with E-state index >= 15 is 0 Å². The monoisotopic (exact) mass is 429 g/mol. The van der Waals surface area contributed by atoms with Crippen LogP contribution in [0.25, 0.3) is 16.6 Å². The summed E-state index contributed by atoms with van der Waals surface area (Å²) in [6, 6.07) is 17.0. The quantitative estimate of drug-likeness (QED) is 0.509. The predicted molar refractivity (Wildman–Crippen MR) is 125 cm³/mol. The molecule has 1 amide bonds. The molecule has 2 heterocycles. The summed E-state index contributed by atoms with van der Waals surface area (Å²) >= 11 is 0. The minimum atomic E-state index is -0.746. The molecule has 1 unspecified atom stereocenters. The van der Waals surface area contributed by atoms with Gasteiger partial charge >= 0.3 is 0 Å². The van der Waals surface area contributed by atoms with Crippen molar-refractivity contribution >= 4 is 16.8 Å². The third-order valence-corrected chi connectivity index (χ3v) is 5.85. The van der Waals surface area contributed by atoms with Crippen molar-refractivity contribution in [1.82, 2.24) is 24.9 Å². The number of carbonyl (C=O) groups excluding carboxylic acids is 1. The van der Waals surface area contributed by atoms with Crippen LogP contribution in [-0.2, 0) is 11.2 Å². The highest BCUT2D eigenvalue weighted by atomic mass is 16.2. The van der Waals surface area contributed by atoms with Gasteiger partial charge in [-0.3, -0.25) is 9.59 Å². The number of carbonyl (C=O) groups is 1. The lowest BCUT2D eigenvalue weighted by molar-refractivity contribution is -0.124. The van der Waals surface area contributed by atoms with E-state index in [0.29, 0.717) is 17.8 Å². The van der Waals surface area contributed by atoms with E-state index in [-0.39, 0.29) is 11.5 Å². The minimum absolute atomic E-state index is 0.244. The van der Waals surface area contributed by atoms with Crippen LogP contribution in [0.1, 0.15) is 35.5 Å². The molecule has 0 fully saturated rings. The molecule has 0 spiro atoms. The van der Waals surface area contributed by atoms with Gasteiger partial charge in [0.15, 0.2) is 5.52 Å². The maximum absolute atomic E-state index is 13.2. The molecule has 1 atom stereocenters. The lowest BCUT2D eigenvalue weighted by Crippen LogP contribution is -2.38. The summed E-state index contributed by atoms with van der Waals surface area (Å²) in [6.45, 7) is 7.99. The predicted octanol–water partition coefficient (Wildman–Crippen LogP) is 3.43. The fourth-order valence-electron chi connectivity index (χ4n) is 4.00. The standard InChI is InChI=1S/C25H27N5O2/c1-16-10-8-9-11-20(16)14-15-26-24(31)19(4)30-25(32)23-22(17(2)27-30)18(3)29(28-23)21-12-6-5-7-13-21/h5-13,19H,14-15H2,1-4H3,(H,26,31). The fourth-order valence-corrected chi connectivity index (χ4v) is 4.00. The molecule has 1 N–H and O–H groups in total. The minimum Gasteiger partial charge on any atom is -0.354 e. The summed E-state index contributed by atoms with van der Waals surface area (Å²) in [6.07, 6.45) is 0.728. The Morgan fingerprint density at radius 3 is 2.41 bits per heavy atom. The number of rotatable bonds is 6. The normalized spacial score (nSPS) is 12.1. The Morgan fingerprint density at radius 1 is 1.00 bits per heavy atom. The summed E-state index contributed by atoms with van der Waals surface area (Å²) in [5, 5.41) is 12.7. The van der Waals surface area contributed by atoms with Gasteiger partial charge in [-0.25, -0.2) is 9.36 Å². The SMILES string of the molecule is Cc1ccccc1CCNC(=O)C(C)n1nc(C)c2c(C)n(-c3ccccc3)nc2c1=O. The zero-order valence-corrected chi connectivity index (χ0v) is 18.8. The topological polar surface area (TPSA) is 81.8 Å². The molecular formula is C25H27N5O2. The number of fused-ring (bicyclic) bond motifs is 1. The van der Waals surface area contributed by atoms with Crippen molar-refractivity contribution in [2.45, 2.75) is 40.2 Å². The Labute approximate surface area is 186 Å². The van der Waals surface area contributed by atoms with Crippen molar-refractivity contribution in [1.29, 1.82) is 0 Å². The first-order valence-electron chi connectivity index (χ1n) is 10.7. The Kier molecular flexibility index (Phi) is 5.90.